The fraction of sp³-hybridized carbons (Fsp3) is 0.579. The molecule has 1 aromatic rings. The zero-order valence-electron chi connectivity index (χ0n) is 15.5. The molecule has 2 saturated heterocycles. The average Bonchev–Trinajstić information content (AvgIpc) is 3.13. The van der Waals surface area contributed by atoms with Crippen molar-refractivity contribution in [3.05, 3.63) is 29.6 Å². The van der Waals surface area contributed by atoms with Crippen LogP contribution in [0.1, 0.15) is 42.2 Å². The molecule has 27 heavy (non-hydrogen) atoms. The van der Waals surface area contributed by atoms with Gasteiger partial charge in [-0.05, 0) is 38.3 Å². The quantitative estimate of drug-likeness (QED) is 0.778. The predicted octanol–water partition coefficient (Wildman–Crippen LogP) is 0.441. The number of likely N-dealkylation sites (tertiary alicyclic amines) is 1. The van der Waals surface area contributed by atoms with Crippen LogP contribution in [0.15, 0.2) is 18.3 Å². The first-order chi connectivity index (χ1) is 13.1. The lowest BCUT2D eigenvalue weighted by Gasteiger charge is -2.34. The Bertz CT molecular complexity index is 709. The van der Waals surface area contributed by atoms with Crippen molar-refractivity contribution in [1.82, 2.24) is 20.5 Å². The largest absolute Gasteiger partial charge is 0.381 e. The van der Waals surface area contributed by atoms with E-state index in [4.69, 9.17) is 10.00 Å². The molecule has 144 valence electrons. The summed E-state index contributed by atoms with van der Waals surface area (Å²) in [5, 5.41) is 14.7. The van der Waals surface area contributed by atoms with Gasteiger partial charge in [-0.25, -0.2) is 4.98 Å². The van der Waals surface area contributed by atoms with E-state index in [0.717, 1.165) is 12.8 Å². The lowest BCUT2D eigenvalue weighted by molar-refractivity contribution is -0.126. The number of rotatable bonds is 5. The van der Waals surface area contributed by atoms with E-state index >= 15 is 0 Å². The van der Waals surface area contributed by atoms with Gasteiger partial charge in [-0.2, -0.15) is 5.26 Å². The molecule has 2 aliphatic rings. The maximum Gasteiger partial charge on any atom is 0.253 e. The Hall–Kier alpha value is -2.50. The first kappa shape index (κ1) is 19.3. The second-order valence-electron chi connectivity index (χ2n) is 6.90. The number of nitrogens with one attached hydrogen (secondary N) is 2. The standard InChI is InChI=1S/C19H25N5O3/c1-2-21-19(26)17-9-15(12-24(17)16-5-7-27-8-6-16)23-18(25)13-3-4-14(10-20)22-11-13/h3-4,11,15-17H,2,5-9,12H2,1H3,(H,21,26)(H,23,25)/t15-,17-/m0/s1. The van der Waals surface area contributed by atoms with Crippen LogP contribution in [-0.2, 0) is 9.53 Å². The molecule has 8 nitrogen and oxygen atoms in total. The van der Waals surface area contributed by atoms with Crippen molar-refractivity contribution in [2.24, 2.45) is 0 Å². The maximum absolute atomic E-state index is 12.5. The molecule has 2 fully saturated rings. The van der Waals surface area contributed by atoms with E-state index in [1.807, 2.05) is 13.0 Å². The van der Waals surface area contributed by atoms with Gasteiger partial charge in [-0.15, -0.1) is 0 Å². The van der Waals surface area contributed by atoms with Gasteiger partial charge in [-0.1, -0.05) is 0 Å². The van der Waals surface area contributed by atoms with E-state index in [-0.39, 0.29) is 29.6 Å². The molecule has 0 bridgehead atoms. The number of carbonyl (C=O) groups excluding carboxylic acids is 2. The van der Waals surface area contributed by atoms with E-state index in [0.29, 0.717) is 44.3 Å². The molecule has 3 heterocycles. The highest BCUT2D eigenvalue weighted by Crippen LogP contribution is 2.26. The summed E-state index contributed by atoms with van der Waals surface area (Å²) in [5.74, 6) is -0.221. The maximum atomic E-state index is 12.5. The van der Waals surface area contributed by atoms with Gasteiger partial charge in [0, 0.05) is 44.6 Å². The number of ether oxygens (including phenoxy) is 1. The van der Waals surface area contributed by atoms with Gasteiger partial charge in [0.1, 0.15) is 11.8 Å². The number of hydrogen-bond acceptors (Lipinski definition) is 6. The van der Waals surface area contributed by atoms with Crippen LogP contribution < -0.4 is 10.6 Å². The Morgan fingerprint density at radius 1 is 1.37 bits per heavy atom. The van der Waals surface area contributed by atoms with Gasteiger partial charge in [0.25, 0.3) is 5.91 Å². The summed E-state index contributed by atoms with van der Waals surface area (Å²) in [6.45, 7) is 4.55. The van der Waals surface area contributed by atoms with Gasteiger partial charge in [0.05, 0.1) is 11.6 Å². The number of aromatic nitrogens is 1. The minimum Gasteiger partial charge on any atom is -0.381 e. The van der Waals surface area contributed by atoms with Gasteiger partial charge >= 0.3 is 0 Å². The Labute approximate surface area is 158 Å². The highest BCUT2D eigenvalue weighted by molar-refractivity contribution is 5.94. The summed E-state index contributed by atoms with van der Waals surface area (Å²) >= 11 is 0. The fourth-order valence-electron chi connectivity index (χ4n) is 3.80. The first-order valence-corrected chi connectivity index (χ1v) is 9.40. The van der Waals surface area contributed by atoms with E-state index in [1.54, 1.807) is 6.07 Å². The Morgan fingerprint density at radius 3 is 2.78 bits per heavy atom. The third-order valence-electron chi connectivity index (χ3n) is 5.13. The number of carbonyl (C=O) groups is 2. The van der Waals surface area contributed by atoms with Gasteiger partial charge < -0.3 is 15.4 Å². The summed E-state index contributed by atoms with van der Waals surface area (Å²) in [7, 11) is 0. The van der Waals surface area contributed by atoms with Crippen LogP contribution >= 0.6 is 0 Å². The van der Waals surface area contributed by atoms with Crippen LogP contribution in [0, 0.1) is 11.3 Å². The number of likely N-dealkylation sites (N-methyl/N-ethyl adjacent to an activating group) is 1. The average molecular weight is 371 g/mol. The van der Waals surface area contributed by atoms with E-state index in [2.05, 4.69) is 20.5 Å². The molecule has 2 N–H and O–H groups in total. The molecule has 2 aliphatic heterocycles. The first-order valence-electron chi connectivity index (χ1n) is 9.40. The highest BCUT2D eigenvalue weighted by atomic mass is 16.5. The van der Waals surface area contributed by atoms with Crippen molar-refractivity contribution in [3.63, 3.8) is 0 Å². The minimum atomic E-state index is -0.238. The van der Waals surface area contributed by atoms with Crippen LogP contribution in [0.25, 0.3) is 0 Å². The monoisotopic (exact) mass is 371 g/mol. The molecule has 1 aromatic heterocycles. The number of hydrogen-bond donors (Lipinski definition) is 2. The van der Waals surface area contributed by atoms with Crippen molar-refractivity contribution in [1.29, 1.82) is 5.26 Å². The third-order valence-corrected chi connectivity index (χ3v) is 5.13. The molecule has 0 spiro atoms. The van der Waals surface area contributed by atoms with Crippen molar-refractivity contribution in [2.45, 2.75) is 44.3 Å². The van der Waals surface area contributed by atoms with Crippen LogP contribution in [0.3, 0.4) is 0 Å². The SMILES string of the molecule is CCNC(=O)[C@@H]1C[C@H](NC(=O)c2ccc(C#N)nc2)CN1C1CCOCC1. The molecule has 0 aliphatic carbocycles. The van der Waals surface area contributed by atoms with Crippen molar-refractivity contribution in [2.75, 3.05) is 26.3 Å². The summed E-state index contributed by atoms with van der Waals surface area (Å²) in [5.41, 5.74) is 0.683. The van der Waals surface area contributed by atoms with Crippen molar-refractivity contribution in [3.8, 4) is 6.07 Å². The second-order valence-corrected chi connectivity index (χ2v) is 6.90. The summed E-state index contributed by atoms with van der Waals surface area (Å²) in [4.78, 5) is 31.2. The molecular weight excluding hydrogens is 346 g/mol. The fourth-order valence-corrected chi connectivity index (χ4v) is 3.80. The zero-order valence-corrected chi connectivity index (χ0v) is 15.5. The summed E-state index contributed by atoms with van der Waals surface area (Å²) < 4.78 is 5.44. The molecule has 2 atom stereocenters. The van der Waals surface area contributed by atoms with Crippen molar-refractivity contribution >= 4 is 11.8 Å². The minimum absolute atomic E-state index is 0.0146. The Kier molecular flexibility index (Phi) is 6.37. The lowest BCUT2D eigenvalue weighted by Crippen LogP contribution is -2.49. The molecule has 3 rings (SSSR count). The summed E-state index contributed by atoms with van der Waals surface area (Å²) in [6.07, 6.45) is 3.78. The van der Waals surface area contributed by atoms with E-state index in [1.165, 1.54) is 12.3 Å². The van der Waals surface area contributed by atoms with Crippen LogP contribution in [-0.4, -0.2) is 66.1 Å². The number of amides is 2. The molecular formula is C19H25N5O3. The smallest absolute Gasteiger partial charge is 0.253 e. The van der Waals surface area contributed by atoms with E-state index < -0.39 is 0 Å². The van der Waals surface area contributed by atoms with Crippen molar-refractivity contribution < 1.29 is 14.3 Å². The lowest BCUT2D eigenvalue weighted by atomic mass is 10.1. The van der Waals surface area contributed by atoms with Crippen LogP contribution in [0.4, 0.5) is 0 Å². The third kappa shape index (κ3) is 4.62. The second kappa shape index (κ2) is 8.93. The molecule has 0 radical (unpaired) electrons. The molecule has 2 amide bonds. The zero-order chi connectivity index (χ0) is 19.2. The topological polar surface area (TPSA) is 107 Å². The molecule has 0 unspecified atom stereocenters. The van der Waals surface area contributed by atoms with Gasteiger partial charge in [0.15, 0.2) is 0 Å². The number of nitrogens with zero attached hydrogens (tertiary/aromatic N) is 3. The highest BCUT2D eigenvalue weighted by Gasteiger charge is 2.41. The Morgan fingerprint density at radius 2 is 2.15 bits per heavy atom. The molecule has 0 saturated carbocycles. The number of pyridine rings is 1. The molecule has 0 aromatic carbocycles. The molecule has 8 heteroatoms. The predicted molar refractivity (Wildman–Crippen MR) is 97.8 cm³/mol. The van der Waals surface area contributed by atoms with Gasteiger partial charge in [-0.3, -0.25) is 14.5 Å². The van der Waals surface area contributed by atoms with Crippen LogP contribution in [0.2, 0.25) is 0 Å². The number of nitriles is 1. The Balaban J connectivity index is 1.67. The van der Waals surface area contributed by atoms with E-state index in [9.17, 15) is 9.59 Å². The normalized spacial score (nSPS) is 23.6. The summed E-state index contributed by atoms with van der Waals surface area (Å²) in [6, 6.07) is 5.00. The van der Waals surface area contributed by atoms with Crippen LogP contribution in [0.5, 0.6) is 0 Å². The van der Waals surface area contributed by atoms with Gasteiger partial charge in [0.2, 0.25) is 5.91 Å².